The molecule has 0 radical (unpaired) electrons. The summed E-state index contributed by atoms with van der Waals surface area (Å²) in [6, 6.07) is 15.3. The van der Waals surface area contributed by atoms with Crippen LogP contribution < -0.4 is 9.47 Å². The second kappa shape index (κ2) is 6.86. The first kappa shape index (κ1) is 17.5. The van der Waals surface area contributed by atoms with Crippen molar-refractivity contribution in [2.24, 2.45) is 0 Å². The fourth-order valence-electron chi connectivity index (χ4n) is 4.15. The highest BCUT2D eigenvalue weighted by Gasteiger charge is 2.36. The Bertz CT molecular complexity index is 1180. The maximum atomic E-state index is 10.3. The fourth-order valence-corrected chi connectivity index (χ4v) is 4.15. The number of hydrogen-bond donors (Lipinski definition) is 1. The Morgan fingerprint density at radius 3 is 2.90 bits per heavy atom. The zero-order chi connectivity index (χ0) is 20.1. The van der Waals surface area contributed by atoms with Crippen molar-refractivity contribution in [3.8, 4) is 22.9 Å². The number of aromatic nitrogens is 2. The van der Waals surface area contributed by atoms with Gasteiger partial charge in [-0.15, -0.1) is 0 Å². The molecule has 0 saturated carbocycles. The summed E-state index contributed by atoms with van der Waals surface area (Å²) >= 11 is 0. The summed E-state index contributed by atoms with van der Waals surface area (Å²) in [7, 11) is 0. The van der Waals surface area contributed by atoms with Gasteiger partial charge in [0.25, 0.3) is 0 Å². The van der Waals surface area contributed by atoms with Crippen molar-refractivity contribution in [1.29, 1.82) is 0 Å². The van der Waals surface area contributed by atoms with E-state index in [1.807, 2.05) is 48.5 Å². The third-order valence-electron chi connectivity index (χ3n) is 5.57. The smallest absolute Gasteiger partial charge is 0.244 e. The number of fused-ring (bicyclic) bond motifs is 2. The molecule has 8 heteroatoms. The largest absolute Gasteiger partial charge is 0.460 e. The summed E-state index contributed by atoms with van der Waals surface area (Å²) in [6.45, 7) is 1.29. The van der Waals surface area contributed by atoms with Crippen LogP contribution in [0, 0.1) is 0 Å². The highest BCUT2D eigenvalue weighted by molar-refractivity contribution is 5.77. The Labute approximate surface area is 171 Å². The first-order chi connectivity index (χ1) is 14.7. The summed E-state index contributed by atoms with van der Waals surface area (Å²) in [6.07, 6.45) is 0.0727. The van der Waals surface area contributed by atoms with Crippen molar-refractivity contribution < 1.29 is 23.5 Å². The van der Waals surface area contributed by atoms with Crippen LogP contribution >= 0.6 is 0 Å². The molecular weight excluding hydrogens is 386 g/mol. The molecule has 2 atom stereocenters. The van der Waals surface area contributed by atoms with Crippen molar-refractivity contribution in [1.82, 2.24) is 15.0 Å². The first-order valence-electron chi connectivity index (χ1n) is 9.86. The third kappa shape index (κ3) is 3.01. The number of nitrogens with zero attached hydrogens (tertiary/aromatic N) is 3. The van der Waals surface area contributed by atoms with Crippen molar-refractivity contribution in [2.75, 3.05) is 13.3 Å². The molecule has 152 valence electrons. The van der Waals surface area contributed by atoms with Gasteiger partial charge in [0.15, 0.2) is 11.5 Å². The van der Waals surface area contributed by atoms with Crippen molar-refractivity contribution in [2.45, 2.75) is 25.1 Å². The van der Waals surface area contributed by atoms with E-state index in [2.05, 4.69) is 15.0 Å². The number of ether oxygens (including phenoxy) is 2. The summed E-state index contributed by atoms with van der Waals surface area (Å²) in [5.41, 5.74) is 1.64. The van der Waals surface area contributed by atoms with Gasteiger partial charge in [0.2, 0.25) is 18.5 Å². The second-order valence-corrected chi connectivity index (χ2v) is 7.61. The Morgan fingerprint density at radius 2 is 1.97 bits per heavy atom. The molecule has 1 fully saturated rings. The van der Waals surface area contributed by atoms with Crippen LogP contribution in [0.5, 0.6) is 11.5 Å². The summed E-state index contributed by atoms with van der Waals surface area (Å²) in [4.78, 5) is 6.71. The van der Waals surface area contributed by atoms with Crippen molar-refractivity contribution in [3.63, 3.8) is 0 Å². The quantitative estimate of drug-likeness (QED) is 0.551. The molecule has 0 aliphatic carbocycles. The maximum absolute atomic E-state index is 10.3. The summed E-state index contributed by atoms with van der Waals surface area (Å²) in [5, 5.41) is 15.5. The normalized spacial score (nSPS) is 21.0. The average Bonchev–Trinajstić information content (AvgIpc) is 3.53. The van der Waals surface area contributed by atoms with Gasteiger partial charge in [-0.25, -0.2) is 0 Å². The molecule has 8 nitrogen and oxygen atoms in total. The number of aliphatic hydroxyl groups excluding tert-OH is 1. The molecule has 1 saturated heterocycles. The Hall–Kier alpha value is -3.36. The highest BCUT2D eigenvalue weighted by Crippen LogP contribution is 2.37. The van der Waals surface area contributed by atoms with Crippen LogP contribution in [-0.2, 0) is 6.54 Å². The average molecular weight is 405 g/mol. The predicted octanol–water partition coefficient (Wildman–Crippen LogP) is 3.52. The molecular formula is C22H19N3O5. The fraction of sp³-hybridized carbons (Fsp3) is 0.273. The summed E-state index contributed by atoms with van der Waals surface area (Å²) in [5.74, 6) is 3.18. The van der Waals surface area contributed by atoms with E-state index in [0.29, 0.717) is 42.7 Å². The number of hydrogen-bond acceptors (Lipinski definition) is 8. The number of benzene rings is 2. The Balaban J connectivity index is 1.26. The van der Waals surface area contributed by atoms with E-state index in [0.717, 1.165) is 22.3 Å². The van der Waals surface area contributed by atoms with Gasteiger partial charge in [0.05, 0.1) is 18.7 Å². The Kier molecular flexibility index (Phi) is 4.00. The van der Waals surface area contributed by atoms with E-state index in [-0.39, 0.29) is 12.8 Å². The molecule has 4 heterocycles. The molecule has 6 rings (SSSR count). The van der Waals surface area contributed by atoms with Crippen molar-refractivity contribution in [3.05, 3.63) is 60.2 Å². The third-order valence-corrected chi connectivity index (χ3v) is 5.57. The molecule has 4 aromatic rings. The lowest BCUT2D eigenvalue weighted by molar-refractivity contribution is 0.164. The maximum Gasteiger partial charge on any atom is 0.244 e. The molecule has 0 bridgehead atoms. The Morgan fingerprint density at radius 1 is 1.07 bits per heavy atom. The molecule has 1 N–H and O–H groups in total. The molecule has 2 aromatic carbocycles. The lowest BCUT2D eigenvalue weighted by Crippen LogP contribution is -2.24. The molecule has 0 spiro atoms. The number of aliphatic hydroxyl groups is 1. The number of β-amino-alcohol motifs (C(OH)–C–C–N with tert-alkyl or cyclic N) is 1. The van der Waals surface area contributed by atoms with Crippen molar-refractivity contribution >= 4 is 11.0 Å². The lowest BCUT2D eigenvalue weighted by atomic mass is 10.2. The van der Waals surface area contributed by atoms with Crippen LogP contribution in [-0.4, -0.2) is 39.6 Å². The molecule has 2 aliphatic heterocycles. The van der Waals surface area contributed by atoms with Gasteiger partial charge in [0.1, 0.15) is 11.3 Å². The number of para-hydroxylation sites is 1. The van der Waals surface area contributed by atoms with E-state index >= 15 is 0 Å². The zero-order valence-corrected chi connectivity index (χ0v) is 16.0. The van der Waals surface area contributed by atoms with Gasteiger partial charge in [-0.1, -0.05) is 23.4 Å². The van der Waals surface area contributed by atoms with Gasteiger partial charge in [0, 0.05) is 17.5 Å². The molecule has 30 heavy (non-hydrogen) atoms. The van der Waals surface area contributed by atoms with Gasteiger partial charge in [-0.2, -0.15) is 4.98 Å². The topological polar surface area (TPSA) is 94.0 Å². The van der Waals surface area contributed by atoms with Gasteiger partial charge >= 0.3 is 0 Å². The molecule has 2 aliphatic rings. The monoisotopic (exact) mass is 405 g/mol. The van der Waals surface area contributed by atoms with Gasteiger partial charge in [-0.05, 0) is 36.8 Å². The minimum atomic E-state index is -0.458. The van der Waals surface area contributed by atoms with E-state index in [4.69, 9.17) is 18.4 Å². The van der Waals surface area contributed by atoms with E-state index < -0.39 is 6.10 Å². The zero-order valence-electron chi connectivity index (χ0n) is 16.0. The molecule has 2 aromatic heterocycles. The van der Waals surface area contributed by atoms with Crippen LogP contribution in [0.2, 0.25) is 0 Å². The highest BCUT2D eigenvalue weighted by atomic mass is 16.7. The van der Waals surface area contributed by atoms with E-state index in [1.165, 1.54) is 0 Å². The summed E-state index contributed by atoms with van der Waals surface area (Å²) < 4.78 is 22.3. The minimum Gasteiger partial charge on any atom is -0.460 e. The van der Waals surface area contributed by atoms with Crippen LogP contribution in [0.15, 0.2) is 57.5 Å². The second-order valence-electron chi connectivity index (χ2n) is 7.61. The van der Waals surface area contributed by atoms with Crippen LogP contribution in [0.1, 0.15) is 24.1 Å². The molecule has 0 unspecified atom stereocenters. The van der Waals surface area contributed by atoms with Crippen LogP contribution in [0.4, 0.5) is 0 Å². The van der Waals surface area contributed by atoms with Gasteiger partial charge < -0.3 is 23.5 Å². The number of rotatable bonds is 4. The molecule has 0 amide bonds. The van der Waals surface area contributed by atoms with Gasteiger partial charge in [-0.3, -0.25) is 4.90 Å². The van der Waals surface area contributed by atoms with E-state index in [9.17, 15) is 5.11 Å². The number of likely N-dealkylation sites (tertiary alicyclic amines) is 1. The van der Waals surface area contributed by atoms with E-state index in [1.54, 1.807) is 0 Å². The first-order valence-corrected chi connectivity index (χ1v) is 9.86. The SMILES string of the molecule is O[C@@H]1C[C@@H](c2nc(-c3ccc4c(c3)OCO4)no2)N(Cc2cc3ccccc3o2)C1. The van der Waals surface area contributed by atoms with Crippen LogP contribution in [0.25, 0.3) is 22.4 Å². The lowest BCUT2D eigenvalue weighted by Gasteiger charge is -2.19. The van der Waals surface area contributed by atoms with Crippen LogP contribution in [0.3, 0.4) is 0 Å². The number of furan rings is 1. The standard InChI is InChI=1S/C22H19N3O5/c26-15-9-17(25(10-15)11-16-7-13-3-1-2-4-18(13)29-16)22-23-21(24-30-22)14-5-6-19-20(8-14)28-12-27-19/h1-8,15,17,26H,9-12H2/t15-,17+/m1/s1. The minimum absolute atomic E-state index is 0.177. The predicted molar refractivity (Wildman–Crippen MR) is 106 cm³/mol.